The molecule has 3 rings (SSSR count). The van der Waals surface area contributed by atoms with Crippen LogP contribution in [0.5, 0.6) is 0 Å². The van der Waals surface area contributed by atoms with E-state index in [1.807, 2.05) is 23.1 Å². The van der Waals surface area contributed by atoms with Crippen LogP contribution in [0.15, 0.2) is 64.0 Å². The van der Waals surface area contributed by atoms with Crippen molar-refractivity contribution < 1.29 is 33.4 Å². The Morgan fingerprint density at radius 1 is 0.906 bits per heavy atom. The van der Waals surface area contributed by atoms with Gasteiger partial charge in [0.05, 0.1) is 0 Å². The summed E-state index contributed by atoms with van der Waals surface area (Å²) < 4.78 is 37.6. The standard InChI is InChI=1S/C24H30NS2.ClHO4/c1-23(2,3)17-15-18(26-21(16-17)24(4,5)6)11-10-14-22-25(7)19-12-8-9-13-20(19)27-22;2-1(3,4)5/h8-16H,1-7H3;(H,2,3,4,5)/q+1;/p-1/b14-10+,18-11+;. The molecule has 1 aromatic heterocycles. The Kier molecular flexibility index (Phi) is 8.56. The van der Waals surface area contributed by atoms with Gasteiger partial charge in [-0.25, -0.2) is 18.6 Å². The molecule has 5 nitrogen and oxygen atoms in total. The van der Waals surface area contributed by atoms with Crippen molar-refractivity contribution in [1.82, 2.24) is 0 Å². The summed E-state index contributed by atoms with van der Waals surface area (Å²) in [5, 5.41) is 1.26. The minimum Gasteiger partial charge on any atom is -0.222 e. The molecule has 0 aliphatic carbocycles. The fourth-order valence-corrected chi connectivity index (χ4v) is 5.04. The number of aryl methyl sites for hydroxylation is 1. The van der Waals surface area contributed by atoms with Crippen LogP contribution >= 0.6 is 23.1 Å². The number of hydrogen-bond donors (Lipinski definition) is 0. The molecule has 0 fully saturated rings. The second-order valence-electron chi connectivity index (χ2n) is 9.48. The van der Waals surface area contributed by atoms with E-state index in [2.05, 4.69) is 108 Å². The van der Waals surface area contributed by atoms with Gasteiger partial charge in [0.1, 0.15) is 11.7 Å². The highest BCUT2D eigenvalue weighted by Crippen LogP contribution is 2.46. The van der Waals surface area contributed by atoms with E-state index >= 15 is 0 Å². The molecule has 2 aromatic rings. The minimum absolute atomic E-state index is 0.151. The summed E-state index contributed by atoms with van der Waals surface area (Å²) in [6.07, 6.45) is 11.4. The molecule has 1 aliphatic rings. The highest BCUT2D eigenvalue weighted by molar-refractivity contribution is 8.07. The molecule has 174 valence electrons. The summed E-state index contributed by atoms with van der Waals surface area (Å²) >= 11 is 3.73. The molecule has 0 bridgehead atoms. The van der Waals surface area contributed by atoms with Crippen molar-refractivity contribution in [3.63, 3.8) is 0 Å². The lowest BCUT2D eigenvalue weighted by atomic mass is 9.83. The zero-order valence-corrected chi connectivity index (χ0v) is 21.9. The topological polar surface area (TPSA) is 96.1 Å². The quantitative estimate of drug-likeness (QED) is 0.596. The Morgan fingerprint density at radius 2 is 1.50 bits per heavy atom. The predicted octanol–water partition coefficient (Wildman–Crippen LogP) is 2.52. The molecule has 32 heavy (non-hydrogen) atoms. The number of para-hydroxylation sites is 1. The number of benzene rings is 1. The van der Waals surface area contributed by atoms with Gasteiger partial charge >= 0.3 is 0 Å². The van der Waals surface area contributed by atoms with Gasteiger partial charge in [-0.05, 0) is 45.6 Å². The van der Waals surface area contributed by atoms with Gasteiger partial charge in [-0.3, -0.25) is 0 Å². The summed E-state index contributed by atoms with van der Waals surface area (Å²) in [6.45, 7) is 13.7. The van der Waals surface area contributed by atoms with Crippen LogP contribution < -0.4 is 23.2 Å². The van der Waals surface area contributed by atoms with Crippen molar-refractivity contribution in [2.24, 2.45) is 17.9 Å². The van der Waals surface area contributed by atoms with Crippen molar-refractivity contribution in [3.8, 4) is 0 Å². The zero-order valence-electron chi connectivity index (χ0n) is 19.5. The van der Waals surface area contributed by atoms with E-state index < -0.39 is 10.2 Å². The smallest absolute Gasteiger partial charge is 0.222 e. The van der Waals surface area contributed by atoms with Crippen molar-refractivity contribution in [1.29, 1.82) is 0 Å². The first-order chi connectivity index (χ1) is 14.6. The number of halogens is 1. The van der Waals surface area contributed by atoms with Gasteiger partial charge in [0, 0.05) is 17.0 Å². The van der Waals surface area contributed by atoms with E-state index in [4.69, 9.17) is 18.6 Å². The number of hydrogen-bond acceptors (Lipinski definition) is 6. The molecule has 0 saturated heterocycles. The number of thiazole rings is 1. The summed E-state index contributed by atoms with van der Waals surface area (Å²) in [5.41, 5.74) is 3.00. The summed E-state index contributed by atoms with van der Waals surface area (Å²) in [5.74, 6) is 0. The number of nitrogens with zero attached hydrogens (tertiary/aromatic N) is 1. The molecule has 1 aliphatic heterocycles. The van der Waals surface area contributed by atoms with Gasteiger partial charge in [0.2, 0.25) is 5.52 Å². The van der Waals surface area contributed by atoms with Gasteiger partial charge in [-0.1, -0.05) is 82.8 Å². The van der Waals surface area contributed by atoms with E-state index in [1.54, 1.807) is 0 Å². The number of rotatable bonds is 2. The van der Waals surface area contributed by atoms with Gasteiger partial charge in [0.15, 0.2) is 0 Å². The van der Waals surface area contributed by atoms with E-state index in [9.17, 15) is 0 Å². The minimum atomic E-state index is -4.94. The number of allylic oxidation sites excluding steroid dienone is 6. The van der Waals surface area contributed by atoms with Crippen molar-refractivity contribution >= 4 is 39.4 Å². The first kappa shape index (κ1) is 26.8. The third-order valence-corrected chi connectivity index (χ3v) is 7.31. The summed E-state index contributed by atoms with van der Waals surface area (Å²) in [7, 11) is -2.81. The van der Waals surface area contributed by atoms with Gasteiger partial charge in [-0.15, -0.1) is 10.2 Å². The van der Waals surface area contributed by atoms with Gasteiger partial charge < -0.3 is 0 Å². The Morgan fingerprint density at radius 3 is 2.03 bits per heavy atom. The SMILES string of the molecule is C[n+]1c(/C=C/C=C2\C=C(C(C)(C)C)C=C(C(C)(C)C)S2)sc2ccccc21.[O-][Cl+3]([O-])([O-])[O-]. The lowest BCUT2D eigenvalue weighted by Crippen LogP contribution is -2.68. The second kappa shape index (κ2) is 10.2. The van der Waals surface area contributed by atoms with Crippen LogP contribution in [0.25, 0.3) is 16.3 Å². The average Bonchev–Trinajstić information content (AvgIpc) is 2.95. The Bertz CT molecular complexity index is 1070. The van der Waals surface area contributed by atoms with Crippen LogP contribution in [0.2, 0.25) is 0 Å². The lowest BCUT2D eigenvalue weighted by molar-refractivity contribution is -2.00. The summed E-state index contributed by atoms with van der Waals surface area (Å²) in [4.78, 5) is 2.74. The van der Waals surface area contributed by atoms with Crippen LogP contribution in [0.3, 0.4) is 0 Å². The molecule has 0 N–H and O–H groups in total. The van der Waals surface area contributed by atoms with Crippen molar-refractivity contribution in [3.05, 3.63) is 69.0 Å². The monoisotopic (exact) mass is 495 g/mol. The Hall–Kier alpha value is -1.45. The molecule has 0 spiro atoms. The number of thioether (sulfide) groups is 1. The fourth-order valence-electron chi connectivity index (χ4n) is 2.90. The molecule has 0 saturated carbocycles. The highest BCUT2D eigenvalue weighted by atomic mass is 35.7. The van der Waals surface area contributed by atoms with E-state index in [1.165, 1.54) is 30.6 Å². The van der Waals surface area contributed by atoms with Crippen LogP contribution in [0, 0.1) is 21.1 Å². The molecular weight excluding hydrogens is 466 g/mol. The largest absolute Gasteiger partial charge is 0.262 e. The predicted molar refractivity (Wildman–Crippen MR) is 123 cm³/mol. The third-order valence-electron chi connectivity index (χ3n) is 4.69. The van der Waals surface area contributed by atoms with Crippen molar-refractivity contribution in [2.45, 2.75) is 41.5 Å². The first-order valence-electron chi connectivity index (χ1n) is 10.1. The third kappa shape index (κ3) is 8.15. The molecule has 0 amide bonds. The van der Waals surface area contributed by atoms with Gasteiger partial charge in [0.25, 0.3) is 5.01 Å². The van der Waals surface area contributed by atoms with Gasteiger partial charge in [-0.2, -0.15) is 4.57 Å². The molecule has 2 heterocycles. The molecule has 8 heteroatoms. The number of fused-ring (bicyclic) bond motifs is 1. The molecular formula is C24H30ClNO4S2. The van der Waals surface area contributed by atoms with Crippen LogP contribution in [-0.2, 0) is 7.05 Å². The highest BCUT2D eigenvalue weighted by Gasteiger charge is 2.26. The van der Waals surface area contributed by atoms with E-state index in [0.29, 0.717) is 0 Å². The Balaban J connectivity index is 0.000000654. The molecule has 0 atom stereocenters. The normalized spacial score (nSPS) is 16.8. The maximum Gasteiger partial charge on any atom is 0.262 e. The zero-order chi connectivity index (χ0) is 24.3. The first-order valence-corrected chi connectivity index (χ1v) is 12.9. The Labute approximate surface area is 200 Å². The molecule has 0 unspecified atom stereocenters. The number of aromatic nitrogens is 1. The molecule has 0 radical (unpaired) electrons. The summed E-state index contributed by atoms with van der Waals surface area (Å²) in [6, 6.07) is 8.57. The van der Waals surface area contributed by atoms with Crippen LogP contribution in [-0.4, -0.2) is 0 Å². The van der Waals surface area contributed by atoms with Crippen LogP contribution in [0.1, 0.15) is 46.6 Å². The maximum absolute atomic E-state index is 8.49. The van der Waals surface area contributed by atoms with Crippen molar-refractivity contribution in [2.75, 3.05) is 0 Å². The fraction of sp³-hybridized carbons (Fsp3) is 0.375. The molecule has 1 aromatic carbocycles. The maximum atomic E-state index is 8.49. The van der Waals surface area contributed by atoms with E-state index in [-0.39, 0.29) is 10.8 Å². The van der Waals surface area contributed by atoms with E-state index in [0.717, 1.165) is 0 Å². The second-order valence-corrected chi connectivity index (χ2v) is 12.4. The van der Waals surface area contributed by atoms with Crippen LogP contribution in [0.4, 0.5) is 0 Å². The average molecular weight is 496 g/mol. The lowest BCUT2D eigenvalue weighted by Gasteiger charge is -2.30.